The topological polar surface area (TPSA) is 111 Å². The average Bonchev–Trinajstić information content (AvgIpc) is 2.86. The minimum Gasteiger partial charge on any atom is -0.486 e. The van der Waals surface area contributed by atoms with Crippen molar-refractivity contribution in [2.24, 2.45) is 11.7 Å². The molecule has 196 valence electrons. The van der Waals surface area contributed by atoms with Crippen LogP contribution in [0.5, 0.6) is 11.5 Å². The van der Waals surface area contributed by atoms with Crippen LogP contribution in [0.4, 0.5) is 13.2 Å². The lowest BCUT2D eigenvalue weighted by Gasteiger charge is -2.35. The second-order valence-corrected chi connectivity index (χ2v) is 10.7. The number of benzene rings is 2. The largest absolute Gasteiger partial charge is 0.486 e. The summed E-state index contributed by atoms with van der Waals surface area (Å²) in [5.41, 5.74) is 6.22. The first-order valence-corrected chi connectivity index (χ1v) is 13.2. The highest BCUT2D eigenvalue weighted by atomic mass is 32.2. The minimum atomic E-state index is -3.83. The Balaban J connectivity index is 1.23. The molecule has 2 heterocycles. The van der Waals surface area contributed by atoms with Crippen LogP contribution >= 0.6 is 0 Å². The molecule has 1 amide bonds. The van der Waals surface area contributed by atoms with Crippen molar-refractivity contribution in [2.75, 3.05) is 32.8 Å². The van der Waals surface area contributed by atoms with Crippen LogP contribution in [0.15, 0.2) is 35.2 Å². The quantitative estimate of drug-likeness (QED) is 0.510. The number of likely N-dealkylation sites (tertiary alicyclic amines) is 1. The molecule has 4 rings (SSSR count). The number of fused-ring (bicyclic) bond motifs is 1. The lowest BCUT2D eigenvalue weighted by Crippen LogP contribution is -2.44. The number of nitrogens with one attached hydrogen (secondary N) is 1. The van der Waals surface area contributed by atoms with E-state index in [2.05, 4.69) is 4.72 Å². The number of nitrogens with zero attached hydrogens (tertiary/aromatic N) is 1. The summed E-state index contributed by atoms with van der Waals surface area (Å²) >= 11 is 0. The first-order valence-electron chi connectivity index (χ1n) is 11.7. The van der Waals surface area contributed by atoms with Gasteiger partial charge in [-0.25, -0.2) is 26.3 Å². The van der Waals surface area contributed by atoms with Gasteiger partial charge in [-0.3, -0.25) is 4.79 Å². The summed E-state index contributed by atoms with van der Waals surface area (Å²) in [7, 11) is -3.83. The molecule has 0 aliphatic carbocycles. The molecule has 0 unspecified atom stereocenters. The van der Waals surface area contributed by atoms with Crippen LogP contribution < -0.4 is 19.9 Å². The molecule has 1 atom stereocenters. The lowest BCUT2D eigenvalue weighted by molar-refractivity contribution is -0.132. The molecule has 12 heteroatoms. The number of rotatable bonds is 8. The number of halogens is 3. The van der Waals surface area contributed by atoms with Crippen LogP contribution in [0.25, 0.3) is 0 Å². The summed E-state index contributed by atoms with van der Waals surface area (Å²) in [6, 6.07) is 5.20. The first kappa shape index (κ1) is 26.2. The first-order chi connectivity index (χ1) is 17.1. The molecule has 3 N–H and O–H groups in total. The standard InChI is InChI=1S/C24H28F3N3O5S/c25-18-14-20(27)19(26)11-16(18)12-21(28)15-4-7-30(8-5-15)24(31)3-6-29-36(32,33)17-1-2-22-23(13-17)35-10-9-34-22/h1-2,11,13-15,21,29H,3-10,12,28H2/t21-/m1/s1. The fourth-order valence-electron chi connectivity index (χ4n) is 4.44. The molecule has 2 aliphatic heterocycles. The number of piperidine rings is 1. The molecule has 1 saturated heterocycles. The summed E-state index contributed by atoms with van der Waals surface area (Å²) < 4.78 is 79.0. The molecule has 36 heavy (non-hydrogen) atoms. The Morgan fingerprint density at radius 1 is 1.03 bits per heavy atom. The summed E-state index contributed by atoms with van der Waals surface area (Å²) in [5, 5.41) is 0. The van der Waals surface area contributed by atoms with Gasteiger partial charge in [-0.15, -0.1) is 0 Å². The number of carbonyl (C=O) groups is 1. The van der Waals surface area contributed by atoms with E-state index in [9.17, 15) is 26.4 Å². The molecular formula is C24H28F3N3O5S. The second kappa shape index (κ2) is 11.1. The molecular weight excluding hydrogens is 499 g/mol. The zero-order valence-corrected chi connectivity index (χ0v) is 20.3. The average molecular weight is 528 g/mol. The zero-order valence-electron chi connectivity index (χ0n) is 19.5. The predicted molar refractivity (Wildman–Crippen MR) is 125 cm³/mol. The molecule has 0 aromatic heterocycles. The smallest absolute Gasteiger partial charge is 0.240 e. The van der Waals surface area contributed by atoms with Crippen LogP contribution in [0.3, 0.4) is 0 Å². The number of carbonyl (C=O) groups excluding carboxylic acids is 1. The molecule has 2 aromatic rings. The molecule has 8 nitrogen and oxygen atoms in total. The fourth-order valence-corrected chi connectivity index (χ4v) is 5.49. The number of sulfonamides is 1. The van der Waals surface area contributed by atoms with Gasteiger partial charge in [0.2, 0.25) is 15.9 Å². The third-order valence-corrected chi connectivity index (χ3v) is 7.96. The van der Waals surface area contributed by atoms with Gasteiger partial charge in [-0.2, -0.15) is 0 Å². The second-order valence-electron chi connectivity index (χ2n) is 8.90. The maximum absolute atomic E-state index is 13.9. The van der Waals surface area contributed by atoms with Crippen molar-refractivity contribution in [1.82, 2.24) is 9.62 Å². The number of hydrogen-bond donors (Lipinski definition) is 2. The van der Waals surface area contributed by atoms with Crippen LogP contribution in [-0.2, 0) is 21.2 Å². The third kappa shape index (κ3) is 6.11. The Labute approximate surface area is 207 Å². The highest BCUT2D eigenvalue weighted by Crippen LogP contribution is 2.32. The molecule has 2 aromatic carbocycles. The summed E-state index contributed by atoms with van der Waals surface area (Å²) in [6.07, 6.45) is 1.19. The van der Waals surface area contributed by atoms with Crippen molar-refractivity contribution in [1.29, 1.82) is 0 Å². The van der Waals surface area contributed by atoms with Crippen LogP contribution in [0.2, 0.25) is 0 Å². The zero-order chi connectivity index (χ0) is 25.9. The van der Waals surface area contributed by atoms with Gasteiger partial charge in [0.1, 0.15) is 19.0 Å². The summed E-state index contributed by atoms with van der Waals surface area (Å²) in [6.45, 7) is 1.51. The normalized spacial score (nSPS) is 17.2. The summed E-state index contributed by atoms with van der Waals surface area (Å²) in [4.78, 5) is 14.2. The van der Waals surface area contributed by atoms with Crippen LogP contribution in [-0.4, -0.2) is 58.1 Å². The fraction of sp³-hybridized carbons (Fsp3) is 0.458. The van der Waals surface area contributed by atoms with Crippen molar-refractivity contribution in [3.8, 4) is 11.5 Å². The van der Waals surface area contributed by atoms with E-state index in [-0.39, 0.29) is 41.7 Å². The van der Waals surface area contributed by atoms with E-state index in [4.69, 9.17) is 15.2 Å². The van der Waals surface area contributed by atoms with E-state index in [0.717, 1.165) is 6.07 Å². The Kier molecular flexibility index (Phi) is 8.06. The predicted octanol–water partition coefficient (Wildman–Crippen LogP) is 2.35. The minimum absolute atomic E-state index is 0.0133. The van der Waals surface area contributed by atoms with Crippen molar-refractivity contribution in [3.05, 3.63) is 53.3 Å². The molecule has 0 radical (unpaired) electrons. The van der Waals surface area contributed by atoms with Gasteiger partial charge >= 0.3 is 0 Å². The highest BCUT2D eigenvalue weighted by molar-refractivity contribution is 7.89. The van der Waals surface area contributed by atoms with Gasteiger partial charge in [0, 0.05) is 44.2 Å². The van der Waals surface area contributed by atoms with Crippen LogP contribution in [0, 0.1) is 23.4 Å². The molecule has 0 saturated carbocycles. The number of ether oxygens (including phenoxy) is 2. The number of hydrogen-bond acceptors (Lipinski definition) is 6. The van der Waals surface area contributed by atoms with Gasteiger partial charge < -0.3 is 20.1 Å². The Morgan fingerprint density at radius 3 is 2.42 bits per heavy atom. The maximum Gasteiger partial charge on any atom is 0.240 e. The Morgan fingerprint density at radius 2 is 1.69 bits per heavy atom. The Hall–Kier alpha value is -2.83. The van der Waals surface area contributed by atoms with Gasteiger partial charge in [0.15, 0.2) is 23.1 Å². The van der Waals surface area contributed by atoms with Gasteiger partial charge in [-0.1, -0.05) is 0 Å². The molecule has 2 aliphatic rings. The van der Waals surface area contributed by atoms with E-state index < -0.39 is 33.5 Å². The van der Waals surface area contributed by atoms with E-state index >= 15 is 0 Å². The van der Waals surface area contributed by atoms with Gasteiger partial charge in [0.25, 0.3) is 0 Å². The number of amides is 1. The molecule has 0 bridgehead atoms. The Bertz CT molecular complexity index is 1220. The van der Waals surface area contributed by atoms with Gasteiger partial charge in [0.05, 0.1) is 4.90 Å². The maximum atomic E-state index is 13.9. The molecule has 0 spiro atoms. The highest BCUT2D eigenvalue weighted by Gasteiger charge is 2.28. The molecule has 1 fully saturated rings. The summed E-state index contributed by atoms with van der Waals surface area (Å²) in [5.74, 6) is -2.58. The van der Waals surface area contributed by atoms with E-state index in [0.29, 0.717) is 56.7 Å². The van der Waals surface area contributed by atoms with Crippen molar-refractivity contribution < 1.29 is 35.9 Å². The van der Waals surface area contributed by atoms with Crippen LogP contribution in [0.1, 0.15) is 24.8 Å². The SMILES string of the molecule is N[C@H](Cc1cc(F)c(F)cc1F)C1CCN(C(=O)CCNS(=O)(=O)c2ccc3c(c2)OCCO3)CC1. The third-order valence-electron chi connectivity index (χ3n) is 6.50. The van der Waals surface area contributed by atoms with E-state index in [1.807, 2.05) is 0 Å². The van der Waals surface area contributed by atoms with Crippen molar-refractivity contribution in [3.63, 3.8) is 0 Å². The van der Waals surface area contributed by atoms with Gasteiger partial charge in [-0.05, 0) is 48.9 Å². The van der Waals surface area contributed by atoms with E-state index in [1.165, 1.54) is 18.2 Å². The lowest BCUT2D eigenvalue weighted by atomic mass is 9.86. The monoisotopic (exact) mass is 527 g/mol. The number of nitrogens with two attached hydrogens (primary N) is 1. The van der Waals surface area contributed by atoms with E-state index in [1.54, 1.807) is 4.90 Å². The van der Waals surface area contributed by atoms with Crippen molar-refractivity contribution in [2.45, 2.75) is 36.6 Å². The van der Waals surface area contributed by atoms with Crippen molar-refractivity contribution >= 4 is 15.9 Å².